The quantitative estimate of drug-likeness (QED) is 0.132. The van der Waals surface area contributed by atoms with Crippen molar-refractivity contribution in [2.24, 2.45) is 0 Å². The van der Waals surface area contributed by atoms with Gasteiger partial charge in [0.05, 0.1) is 16.7 Å². The number of nitrogens with one attached hydrogen (secondary N) is 1. The molecule has 0 amide bonds. The van der Waals surface area contributed by atoms with Crippen LogP contribution in [0.1, 0.15) is 15.9 Å². The summed E-state index contributed by atoms with van der Waals surface area (Å²) in [5.41, 5.74) is 5.57. The van der Waals surface area contributed by atoms with Crippen LogP contribution in [0.5, 0.6) is 0 Å². The number of carbonyl (C=O) groups excluding carboxylic acids is 1. The molecule has 0 fully saturated rings. The van der Waals surface area contributed by atoms with Crippen molar-refractivity contribution in [3.05, 3.63) is 132 Å². The van der Waals surface area contributed by atoms with Crippen molar-refractivity contribution in [3.63, 3.8) is 0 Å². The van der Waals surface area contributed by atoms with E-state index in [0.717, 1.165) is 38.7 Å². The Morgan fingerprint density at radius 1 is 0.667 bits per heavy atom. The van der Waals surface area contributed by atoms with Crippen LogP contribution in [0.4, 0.5) is 11.4 Å². The number of aromatic nitrogens is 1. The number of benzene rings is 4. The molecule has 0 spiro atoms. The van der Waals surface area contributed by atoms with E-state index in [-0.39, 0.29) is 5.78 Å². The molecule has 3 heteroatoms. The number of para-hydroxylation sites is 2. The van der Waals surface area contributed by atoms with E-state index < -0.39 is 0 Å². The van der Waals surface area contributed by atoms with Crippen LogP contribution in [0.15, 0.2) is 121 Å². The highest BCUT2D eigenvalue weighted by atomic mass is 16.1. The van der Waals surface area contributed by atoms with Gasteiger partial charge >= 0.3 is 0 Å². The lowest BCUT2D eigenvalue weighted by Crippen LogP contribution is -1.97. The molecular formula is C30H22N2O. The Kier molecular flexibility index (Phi) is 5.77. The lowest BCUT2D eigenvalue weighted by molar-refractivity contribution is 0.104. The number of carbonyl (C=O) groups is 1. The lowest BCUT2D eigenvalue weighted by Gasteiger charge is -2.13. The molecule has 1 N–H and O–H groups in total. The molecule has 0 atom stereocenters. The second-order valence-electron chi connectivity index (χ2n) is 7.72. The van der Waals surface area contributed by atoms with Gasteiger partial charge in [-0.1, -0.05) is 85.0 Å². The highest BCUT2D eigenvalue weighted by Crippen LogP contribution is 2.33. The molecule has 4 aromatic carbocycles. The van der Waals surface area contributed by atoms with E-state index in [1.807, 2.05) is 103 Å². The molecule has 158 valence electrons. The van der Waals surface area contributed by atoms with Crippen LogP contribution in [0.25, 0.3) is 27.9 Å². The number of hydrogen-bond donors (Lipinski definition) is 1. The van der Waals surface area contributed by atoms with Crippen molar-refractivity contribution >= 4 is 45.0 Å². The highest BCUT2D eigenvalue weighted by Gasteiger charge is 2.09. The molecule has 5 rings (SSSR count). The van der Waals surface area contributed by atoms with Crippen LogP contribution in [0.3, 0.4) is 0 Å². The van der Waals surface area contributed by atoms with Gasteiger partial charge in [0.1, 0.15) is 0 Å². The van der Waals surface area contributed by atoms with Crippen molar-refractivity contribution < 1.29 is 4.79 Å². The summed E-state index contributed by atoms with van der Waals surface area (Å²) in [6, 6.07) is 33.8. The Labute approximate surface area is 192 Å². The molecule has 3 nitrogen and oxygen atoms in total. The molecule has 0 unspecified atom stereocenters. The number of pyridine rings is 1. The molecule has 0 saturated carbocycles. The van der Waals surface area contributed by atoms with Crippen molar-refractivity contribution in [3.8, 4) is 0 Å². The molecule has 5 aromatic rings. The summed E-state index contributed by atoms with van der Waals surface area (Å²) in [7, 11) is 0. The number of hydrogen-bond acceptors (Lipinski definition) is 3. The minimum atomic E-state index is -0.0286. The number of anilines is 2. The van der Waals surface area contributed by atoms with E-state index in [1.165, 1.54) is 0 Å². The largest absolute Gasteiger partial charge is 0.354 e. The van der Waals surface area contributed by atoms with E-state index in [9.17, 15) is 4.79 Å². The summed E-state index contributed by atoms with van der Waals surface area (Å²) in [6.07, 6.45) is 7.21. The summed E-state index contributed by atoms with van der Waals surface area (Å²) in [5, 5.41) is 5.67. The van der Waals surface area contributed by atoms with Gasteiger partial charge in [-0.2, -0.15) is 0 Å². The van der Waals surface area contributed by atoms with E-state index in [1.54, 1.807) is 12.2 Å². The molecule has 0 bridgehead atoms. The third-order valence-electron chi connectivity index (χ3n) is 5.47. The first-order valence-corrected chi connectivity index (χ1v) is 10.9. The normalized spacial score (nSPS) is 11.5. The molecular weight excluding hydrogens is 404 g/mol. The monoisotopic (exact) mass is 426 g/mol. The van der Waals surface area contributed by atoms with E-state index >= 15 is 0 Å². The first-order chi connectivity index (χ1) is 16.3. The number of nitrogens with zero attached hydrogens (tertiary/aromatic N) is 1. The van der Waals surface area contributed by atoms with Gasteiger partial charge < -0.3 is 5.32 Å². The lowest BCUT2D eigenvalue weighted by atomic mass is 10.1. The fraction of sp³-hybridized carbons (Fsp3) is 0. The van der Waals surface area contributed by atoms with Gasteiger partial charge in [-0.05, 0) is 48.0 Å². The number of ketones is 1. The molecule has 0 aliphatic rings. The Hall–Kier alpha value is -4.50. The smallest absolute Gasteiger partial charge is 0.185 e. The number of fused-ring (bicyclic) bond motifs is 2. The molecule has 1 heterocycles. The summed E-state index contributed by atoms with van der Waals surface area (Å²) in [5.74, 6) is -0.0286. The van der Waals surface area contributed by atoms with Gasteiger partial charge in [0, 0.05) is 22.0 Å². The topological polar surface area (TPSA) is 42.0 Å². The predicted molar refractivity (Wildman–Crippen MR) is 138 cm³/mol. The van der Waals surface area contributed by atoms with Gasteiger partial charge in [0.2, 0.25) is 0 Å². The first kappa shape index (κ1) is 20.4. The van der Waals surface area contributed by atoms with E-state index in [0.29, 0.717) is 5.56 Å². The Balaban J connectivity index is 1.36. The maximum absolute atomic E-state index is 12.5. The van der Waals surface area contributed by atoms with Gasteiger partial charge in [0.25, 0.3) is 0 Å². The van der Waals surface area contributed by atoms with E-state index in [4.69, 9.17) is 4.98 Å². The van der Waals surface area contributed by atoms with Crippen LogP contribution in [-0.2, 0) is 0 Å². The summed E-state index contributed by atoms with van der Waals surface area (Å²) in [6.45, 7) is 0. The van der Waals surface area contributed by atoms with Crippen LogP contribution >= 0.6 is 0 Å². The maximum Gasteiger partial charge on any atom is 0.185 e. The molecule has 1 aromatic heterocycles. The highest BCUT2D eigenvalue weighted by molar-refractivity contribution is 6.09. The summed E-state index contributed by atoms with van der Waals surface area (Å²) >= 11 is 0. The zero-order valence-electron chi connectivity index (χ0n) is 18.0. The number of allylic oxidation sites excluding steroid dienone is 3. The Morgan fingerprint density at radius 3 is 1.94 bits per heavy atom. The van der Waals surface area contributed by atoms with Crippen molar-refractivity contribution in [2.75, 3.05) is 5.32 Å². The van der Waals surface area contributed by atoms with Crippen LogP contribution in [0, 0.1) is 0 Å². The first-order valence-electron chi connectivity index (χ1n) is 10.9. The second kappa shape index (κ2) is 9.33. The summed E-state index contributed by atoms with van der Waals surface area (Å²) < 4.78 is 0. The molecule has 0 aliphatic heterocycles. The third kappa shape index (κ3) is 4.58. The molecule has 33 heavy (non-hydrogen) atoms. The van der Waals surface area contributed by atoms with Gasteiger partial charge in [0.15, 0.2) is 5.78 Å². The maximum atomic E-state index is 12.5. The van der Waals surface area contributed by atoms with Crippen molar-refractivity contribution in [1.29, 1.82) is 0 Å². The van der Waals surface area contributed by atoms with Gasteiger partial charge in [-0.15, -0.1) is 0 Å². The Bertz CT molecular complexity index is 1430. The Morgan fingerprint density at radius 2 is 1.27 bits per heavy atom. The predicted octanol–water partition coefficient (Wildman–Crippen LogP) is 7.58. The van der Waals surface area contributed by atoms with Crippen molar-refractivity contribution in [1.82, 2.24) is 4.98 Å². The SMILES string of the molecule is O=C(/C=C/C=C/c1ccccc1)c1ccc(Nc2c3ccccc3nc3ccccc23)cc1. The standard InChI is InChI=1S/C30H22N2O/c33-29(17-9-4-12-22-10-2-1-3-11-22)23-18-20-24(21-19-23)31-30-25-13-5-7-15-27(25)32-28-16-8-6-14-26(28)30/h1-21H,(H,31,32)/b12-4+,17-9+. The molecule has 0 aliphatic carbocycles. The average molecular weight is 427 g/mol. The van der Waals surface area contributed by atoms with Gasteiger partial charge in [-0.25, -0.2) is 4.98 Å². The van der Waals surface area contributed by atoms with E-state index in [2.05, 4.69) is 17.4 Å². The molecule has 0 radical (unpaired) electrons. The summed E-state index contributed by atoms with van der Waals surface area (Å²) in [4.78, 5) is 17.3. The van der Waals surface area contributed by atoms with Crippen LogP contribution in [0.2, 0.25) is 0 Å². The average Bonchev–Trinajstić information content (AvgIpc) is 2.87. The van der Waals surface area contributed by atoms with Gasteiger partial charge in [-0.3, -0.25) is 4.79 Å². The molecule has 0 saturated heterocycles. The van der Waals surface area contributed by atoms with Crippen LogP contribution < -0.4 is 5.32 Å². The van der Waals surface area contributed by atoms with Crippen molar-refractivity contribution in [2.45, 2.75) is 0 Å². The third-order valence-corrected chi connectivity index (χ3v) is 5.47. The fourth-order valence-electron chi connectivity index (χ4n) is 3.81. The number of rotatable bonds is 6. The van der Waals surface area contributed by atoms with Crippen LogP contribution in [-0.4, -0.2) is 10.8 Å². The second-order valence-corrected chi connectivity index (χ2v) is 7.72. The minimum Gasteiger partial charge on any atom is -0.354 e. The zero-order chi connectivity index (χ0) is 22.5. The fourth-order valence-corrected chi connectivity index (χ4v) is 3.81. The zero-order valence-corrected chi connectivity index (χ0v) is 18.0. The minimum absolute atomic E-state index is 0.0286.